The Morgan fingerprint density at radius 3 is 3.11 bits per heavy atom. The predicted octanol–water partition coefficient (Wildman–Crippen LogP) is 0.0211. The fraction of sp³-hybridized carbons (Fsp3) is 0.500. The van der Waals surface area contributed by atoms with Crippen LogP contribution in [-0.4, -0.2) is 54.9 Å². The zero-order valence-corrected chi connectivity index (χ0v) is 10.9. The number of benzene rings is 1. The Bertz CT molecular complexity index is 436. The molecule has 1 saturated heterocycles. The van der Waals surface area contributed by atoms with Crippen LogP contribution in [0.4, 0.5) is 0 Å². The molecule has 1 unspecified atom stereocenters. The van der Waals surface area contributed by atoms with Crippen LogP contribution in [0.1, 0.15) is 15.9 Å². The number of nitrogens with zero attached hydrogens (tertiary/aromatic N) is 1. The van der Waals surface area contributed by atoms with Crippen molar-refractivity contribution in [2.45, 2.75) is 12.5 Å². The number of carbonyl (C=O) groups excluding carboxylic acids is 1. The maximum atomic E-state index is 12.4. The second kappa shape index (κ2) is 6.65. The summed E-state index contributed by atoms with van der Waals surface area (Å²) in [7, 11) is 0. The van der Waals surface area contributed by atoms with Gasteiger partial charge < -0.3 is 20.5 Å². The lowest BCUT2D eigenvalue weighted by Crippen LogP contribution is -2.46. The molecule has 0 bridgehead atoms. The average molecular weight is 264 g/mol. The smallest absolute Gasteiger partial charge is 0.254 e. The van der Waals surface area contributed by atoms with Gasteiger partial charge in [-0.2, -0.15) is 0 Å². The number of hydrogen-bond acceptors (Lipinski definition) is 4. The van der Waals surface area contributed by atoms with Gasteiger partial charge in [-0.15, -0.1) is 0 Å². The van der Waals surface area contributed by atoms with Crippen molar-refractivity contribution >= 4 is 5.91 Å². The van der Waals surface area contributed by atoms with Crippen molar-refractivity contribution in [2.24, 2.45) is 5.73 Å². The molecular weight excluding hydrogens is 244 g/mol. The summed E-state index contributed by atoms with van der Waals surface area (Å²) in [4.78, 5) is 14.1. The molecule has 0 saturated carbocycles. The second-order valence-electron chi connectivity index (χ2n) is 4.67. The molecule has 3 N–H and O–H groups in total. The van der Waals surface area contributed by atoms with Crippen molar-refractivity contribution < 1.29 is 14.6 Å². The van der Waals surface area contributed by atoms with Crippen molar-refractivity contribution in [3.05, 3.63) is 35.4 Å². The third-order valence-corrected chi connectivity index (χ3v) is 3.24. The summed E-state index contributed by atoms with van der Waals surface area (Å²) >= 11 is 0. The molecule has 0 spiro atoms. The largest absolute Gasteiger partial charge is 0.394 e. The topological polar surface area (TPSA) is 75.8 Å². The number of rotatable bonds is 4. The molecule has 104 valence electrons. The van der Waals surface area contributed by atoms with Crippen molar-refractivity contribution in [3.8, 4) is 0 Å². The number of nitrogens with two attached hydrogens (primary N) is 1. The van der Waals surface area contributed by atoms with Crippen LogP contribution in [0.15, 0.2) is 24.3 Å². The van der Waals surface area contributed by atoms with Crippen LogP contribution in [0.2, 0.25) is 0 Å². The monoisotopic (exact) mass is 264 g/mol. The highest BCUT2D eigenvalue weighted by Crippen LogP contribution is 2.12. The van der Waals surface area contributed by atoms with Gasteiger partial charge in [0.15, 0.2) is 0 Å². The Kier molecular flexibility index (Phi) is 4.90. The lowest BCUT2D eigenvalue weighted by molar-refractivity contribution is -0.0447. The first-order valence-corrected chi connectivity index (χ1v) is 6.55. The highest BCUT2D eigenvalue weighted by atomic mass is 16.5. The highest BCUT2D eigenvalue weighted by molar-refractivity contribution is 5.94. The Morgan fingerprint density at radius 1 is 1.53 bits per heavy atom. The molecule has 0 aromatic heterocycles. The van der Waals surface area contributed by atoms with Gasteiger partial charge in [-0.3, -0.25) is 4.79 Å². The van der Waals surface area contributed by atoms with E-state index in [4.69, 9.17) is 15.6 Å². The molecule has 1 aromatic rings. The van der Waals surface area contributed by atoms with Gasteiger partial charge in [0, 0.05) is 18.7 Å². The van der Waals surface area contributed by atoms with E-state index in [9.17, 15) is 4.79 Å². The molecule has 1 atom stereocenters. The maximum absolute atomic E-state index is 12.4. The maximum Gasteiger partial charge on any atom is 0.254 e. The number of ether oxygens (including phenoxy) is 1. The van der Waals surface area contributed by atoms with Crippen molar-refractivity contribution in [3.63, 3.8) is 0 Å². The Balaban J connectivity index is 2.08. The van der Waals surface area contributed by atoms with E-state index in [2.05, 4.69) is 0 Å². The fourth-order valence-corrected chi connectivity index (χ4v) is 2.22. The summed E-state index contributed by atoms with van der Waals surface area (Å²) in [5, 5.41) is 9.10. The van der Waals surface area contributed by atoms with Gasteiger partial charge in [0.05, 0.1) is 19.3 Å². The zero-order valence-electron chi connectivity index (χ0n) is 10.9. The Morgan fingerprint density at radius 2 is 2.37 bits per heavy atom. The van der Waals surface area contributed by atoms with Gasteiger partial charge in [-0.25, -0.2) is 0 Å². The molecule has 1 aliphatic heterocycles. The van der Waals surface area contributed by atoms with Gasteiger partial charge in [-0.1, -0.05) is 12.1 Å². The summed E-state index contributed by atoms with van der Waals surface area (Å²) in [5.74, 6) is -0.0133. The van der Waals surface area contributed by atoms with Crippen molar-refractivity contribution in [1.29, 1.82) is 0 Å². The summed E-state index contributed by atoms with van der Waals surface area (Å²) < 4.78 is 5.35. The summed E-state index contributed by atoms with van der Waals surface area (Å²) in [6.07, 6.45) is 0.494. The first-order valence-electron chi connectivity index (χ1n) is 6.55. The minimum atomic E-state index is -0.273. The van der Waals surface area contributed by atoms with Crippen LogP contribution in [-0.2, 0) is 11.2 Å². The number of hydrogen-bond donors (Lipinski definition) is 2. The molecule has 1 amide bonds. The van der Waals surface area contributed by atoms with E-state index in [1.807, 2.05) is 24.3 Å². The molecule has 0 radical (unpaired) electrons. The van der Waals surface area contributed by atoms with E-state index in [1.54, 1.807) is 4.90 Å². The van der Waals surface area contributed by atoms with Crippen molar-refractivity contribution in [1.82, 2.24) is 4.90 Å². The molecule has 1 fully saturated rings. The molecule has 1 heterocycles. The molecular formula is C14H20N2O3. The first kappa shape index (κ1) is 14.0. The minimum absolute atomic E-state index is 0.0133. The fourth-order valence-electron chi connectivity index (χ4n) is 2.22. The van der Waals surface area contributed by atoms with E-state index < -0.39 is 0 Å². The standard InChI is InChI=1S/C14H20N2O3/c15-5-4-11-2-1-3-12(8-11)14(18)16-6-7-19-13(9-16)10-17/h1-3,8,13,17H,4-7,9-10,15H2. The van der Waals surface area contributed by atoms with E-state index in [0.29, 0.717) is 31.8 Å². The SMILES string of the molecule is NCCc1cccc(C(=O)N2CCOC(CO)C2)c1. The predicted molar refractivity (Wildman–Crippen MR) is 71.9 cm³/mol. The van der Waals surface area contributed by atoms with Gasteiger partial charge in [0.25, 0.3) is 5.91 Å². The van der Waals surface area contributed by atoms with Gasteiger partial charge >= 0.3 is 0 Å². The first-order chi connectivity index (χ1) is 9.24. The van der Waals surface area contributed by atoms with Crippen molar-refractivity contribution in [2.75, 3.05) is 32.8 Å². The normalized spacial score (nSPS) is 19.5. The van der Waals surface area contributed by atoms with Crippen LogP contribution in [0.3, 0.4) is 0 Å². The van der Waals surface area contributed by atoms with Crippen LogP contribution in [0.25, 0.3) is 0 Å². The summed E-state index contributed by atoms with van der Waals surface area (Å²) in [6.45, 7) is 1.99. The van der Waals surface area contributed by atoms with Crippen LogP contribution >= 0.6 is 0 Å². The third kappa shape index (κ3) is 3.53. The molecule has 1 aliphatic rings. The molecule has 5 nitrogen and oxygen atoms in total. The van der Waals surface area contributed by atoms with E-state index >= 15 is 0 Å². The third-order valence-electron chi connectivity index (χ3n) is 3.24. The number of carbonyl (C=O) groups is 1. The lowest BCUT2D eigenvalue weighted by Gasteiger charge is -2.32. The van der Waals surface area contributed by atoms with Crippen LogP contribution in [0, 0.1) is 0 Å². The highest BCUT2D eigenvalue weighted by Gasteiger charge is 2.24. The zero-order chi connectivity index (χ0) is 13.7. The van der Waals surface area contributed by atoms with E-state index in [1.165, 1.54) is 0 Å². The molecule has 19 heavy (non-hydrogen) atoms. The Labute approximate surface area is 113 Å². The van der Waals surface area contributed by atoms with E-state index in [0.717, 1.165) is 12.0 Å². The quantitative estimate of drug-likeness (QED) is 0.804. The van der Waals surface area contributed by atoms with Gasteiger partial charge in [-0.05, 0) is 30.7 Å². The minimum Gasteiger partial charge on any atom is -0.394 e. The summed E-state index contributed by atoms with van der Waals surface area (Å²) in [5.41, 5.74) is 7.27. The lowest BCUT2D eigenvalue weighted by atomic mass is 10.1. The van der Waals surface area contributed by atoms with Crippen LogP contribution < -0.4 is 5.73 Å². The average Bonchev–Trinajstić information content (AvgIpc) is 2.47. The number of morpholine rings is 1. The Hall–Kier alpha value is -1.43. The second-order valence-corrected chi connectivity index (χ2v) is 4.67. The molecule has 1 aromatic carbocycles. The molecule has 5 heteroatoms. The molecule has 2 rings (SSSR count). The number of aliphatic hydroxyl groups is 1. The van der Waals surface area contributed by atoms with Gasteiger partial charge in [0.1, 0.15) is 0 Å². The number of aliphatic hydroxyl groups excluding tert-OH is 1. The van der Waals surface area contributed by atoms with Crippen LogP contribution in [0.5, 0.6) is 0 Å². The number of amides is 1. The summed E-state index contributed by atoms with van der Waals surface area (Å²) in [6, 6.07) is 7.55. The molecule has 0 aliphatic carbocycles. The van der Waals surface area contributed by atoms with Gasteiger partial charge in [0.2, 0.25) is 0 Å². The van der Waals surface area contributed by atoms with E-state index in [-0.39, 0.29) is 18.6 Å².